The van der Waals surface area contributed by atoms with E-state index >= 15 is 0 Å². The number of ketones is 1. The molecule has 0 saturated carbocycles. The summed E-state index contributed by atoms with van der Waals surface area (Å²) in [6, 6.07) is 7.89. The zero-order valence-corrected chi connectivity index (χ0v) is 16.1. The molecule has 0 bridgehead atoms. The molecule has 0 aliphatic rings. The Labute approximate surface area is 154 Å². The van der Waals surface area contributed by atoms with Crippen LogP contribution in [-0.2, 0) is 4.79 Å². The topological polar surface area (TPSA) is 83.6 Å². The zero-order valence-electron chi connectivity index (χ0n) is 13.4. The minimum atomic E-state index is -0.970. The van der Waals surface area contributed by atoms with E-state index in [1.807, 2.05) is 19.2 Å². The van der Waals surface area contributed by atoms with Gasteiger partial charge in [-0.05, 0) is 19.7 Å². The summed E-state index contributed by atoms with van der Waals surface area (Å²) in [5, 5.41) is 9.55. The highest BCUT2D eigenvalue weighted by Crippen LogP contribution is 2.17. The highest BCUT2D eigenvalue weighted by Gasteiger charge is 2.31. The van der Waals surface area contributed by atoms with Crippen molar-refractivity contribution in [2.45, 2.75) is 30.8 Å². The normalized spacial score (nSPS) is 14.1. The number of carboxylic acids is 1. The van der Waals surface area contributed by atoms with E-state index in [-0.39, 0.29) is 36.9 Å². The predicted octanol–water partition coefficient (Wildman–Crippen LogP) is 2.22. The fourth-order valence-electron chi connectivity index (χ4n) is 2.00. The Balaban J connectivity index is 0. The van der Waals surface area contributed by atoms with Crippen LogP contribution in [0.3, 0.4) is 0 Å². The molecular formula is C15H25ClN2O3S2. The number of nitrogens with two attached hydrogens (primary N) is 1. The third kappa shape index (κ3) is 7.14. The fraction of sp³-hybridized carbons (Fsp3) is 0.467. The monoisotopic (exact) mass is 380 g/mol. The Hall–Kier alpha value is -0.730. The molecule has 132 valence electrons. The van der Waals surface area contributed by atoms with Crippen LogP contribution in [0.15, 0.2) is 30.3 Å². The van der Waals surface area contributed by atoms with Crippen molar-refractivity contribution >= 4 is 49.4 Å². The molecule has 8 heteroatoms. The van der Waals surface area contributed by atoms with E-state index in [0.717, 1.165) is 0 Å². The first kappa shape index (κ1) is 24.5. The van der Waals surface area contributed by atoms with Gasteiger partial charge in [-0.1, -0.05) is 37.3 Å². The smallest absolute Gasteiger partial charge is 0.321 e. The molecule has 0 heterocycles. The van der Waals surface area contributed by atoms with E-state index in [4.69, 9.17) is 5.73 Å². The van der Waals surface area contributed by atoms with Crippen molar-refractivity contribution in [2.24, 2.45) is 5.73 Å². The summed E-state index contributed by atoms with van der Waals surface area (Å²) in [5.74, 6) is -1.24. The zero-order chi connectivity index (χ0) is 16.0. The number of Topliss-reactive ketones (excluding diaryl/α,β-unsaturated/α-hetero) is 1. The summed E-state index contributed by atoms with van der Waals surface area (Å²) >= 11 is 1.59. The van der Waals surface area contributed by atoms with Gasteiger partial charge in [0.25, 0.3) is 0 Å². The second-order valence-electron chi connectivity index (χ2n) is 4.98. The molecular weight excluding hydrogens is 356 g/mol. The summed E-state index contributed by atoms with van der Waals surface area (Å²) in [4.78, 5) is 25.2. The number of likely N-dealkylation sites (N-methyl/N-ethyl adjacent to an activating group) is 1. The Morgan fingerprint density at radius 3 is 2.26 bits per heavy atom. The molecule has 3 atom stereocenters. The van der Waals surface area contributed by atoms with Gasteiger partial charge in [-0.2, -0.15) is 25.3 Å². The van der Waals surface area contributed by atoms with Crippen LogP contribution in [0, 0.1) is 0 Å². The maximum atomic E-state index is 12.3. The standard InChI is InChI=1S/C15H22N2O3S.ClH.H2S/c1-10(21-3)9-12(15(19)20)17(2)14(16)13(18)11-7-5-4-6-8-11;;/h4-8,10,12,14H,9,16H2,1-3H3,(H,19,20);1H;1H2/t10?,12-,14?;;/m0../s1. The van der Waals surface area contributed by atoms with Crippen LogP contribution in [0.5, 0.6) is 0 Å². The van der Waals surface area contributed by atoms with E-state index in [2.05, 4.69) is 0 Å². The second kappa shape index (κ2) is 11.8. The highest BCUT2D eigenvalue weighted by atomic mass is 35.5. The lowest BCUT2D eigenvalue weighted by Gasteiger charge is -2.30. The van der Waals surface area contributed by atoms with Crippen molar-refractivity contribution in [2.75, 3.05) is 13.3 Å². The number of thioether (sulfide) groups is 1. The summed E-state index contributed by atoms with van der Waals surface area (Å²) in [6.45, 7) is 1.96. The summed E-state index contributed by atoms with van der Waals surface area (Å²) in [7, 11) is 1.58. The number of halogens is 1. The number of carbonyl (C=O) groups is 2. The van der Waals surface area contributed by atoms with Crippen LogP contribution in [0.25, 0.3) is 0 Å². The van der Waals surface area contributed by atoms with Crippen LogP contribution in [0.1, 0.15) is 23.7 Å². The molecule has 5 nitrogen and oxygen atoms in total. The lowest BCUT2D eigenvalue weighted by atomic mass is 10.1. The molecule has 0 saturated heterocycles. The first-order chi connectivity index (χ1) is 9.88. The van der Waals surface area contributed by atoms with Gasteiger partial charge in [0, 0.05) is 10.8 Å². The molecule has 3 N–H and O–H groups in total. The van der Waals surface area contributed by atoms with Crippen molar-refractivity contribution in [1.29, 1.82) is 0 Å². The maximum absolute atomic E-state index is 12.3. The van der Waals surface area contributed by atoms with Crippen molar-refractivity contribution < 1.29 is 14.7 Å². The number of hydrogen-bond acceptors (Lipinski definition) is 5. The molecule has 2 unspecified atom stereocenters. The number of benzene rings is 1. The number of aliphatic carboxylic acids is 1. The van der Waals surface area contributed by atoms with Crippen LogP contribution in [0.2, 0.25) is 0 Å². The van der Waals surface area contributed by atoms with Crippen molar-refractivity contribution in [3.63, 3.8) is 0 Å². The number of hydrogen-bond donors (Lipinski definition) is 2. The molecule has 0 aliphatic heterocycles. The van der Waals surface area contributed by atoms with Crippen LogP contribution >= 0.6 is 37.7 Å². The van der Waals surface area contributed by atoms with E-state index in [1.165, 1.54) is 4.90 Å². The minimum absolute atomic E-state index is 0. The Kier molecular flexibility index (Phi) is 12.5. The molecule has 0 aromatic heterocycles. The summed E-state index contributed by atoms with van der Waals surface area (Å²) < 4.78 is 0. The van der Waals surface area contributed by atoms with E-state index in [0.29, 0.717) is 12.0 Å². The first-order valence-corrected chi connectivity index (χ1v) is 7.99. The summed E-state index contributed by atoms with van der Waals surface area (Å²) in [6.07, 6.45) is 1.39. The SMILES string of the molecule is CSC(C)C[C@@H](C(=O)O)N(C)C(N)C(=O)c1ccccc1.Cl.S. The van der Waals surface area contributed by atoms with Gasteiger partial charge in [-0.15, -0.1) is 12.4 Å². The average molecular weight is 381 g/mol. The lowest BCUT2D eigenvalue weighted by Crippen LogP contribution is -2.53. The number of nitrogens with zero attached hydrogens (tertiary/aromatic N) is 1. The van der Waals surface area contributed by atoms with Gasteiger partial charge in [0.15, 0.2) is 5.78 Å². The second-order valence-corrected chi connectivity index (χ2v) is 6.25. The van der Waals surface area contributed by atoms with Crippen molar-refractivity contribution in [1.82, 2.24) is 4.90 Å². The third-order valence-corrected chi connectivity index (χ3v) is 4.50. The Bertz CT molecular complexity index is 491. The quantitative estimate of drug-likeness (QED) is 0.531. The highest BCUT2D eigenvalue weighted by molar-refractivity contribution is 7.99. The fourth-order valence-corrected chi connectivity index (χ4v) is 2.38. The van der Waals surface area contributed by atoms with E-state index in [1.54, 1.807) is 43.1 Å². The van der Waals surface area contributed by atoms with E-state index in [9.17, 15) is 14.7 Å². The van der Waals surface area contributed by atoms with Gasteiger partial charge < -0.3 is 10.8 Å². The van der Waals surface area contributed by atoms with Crippen LogP contribution in [0.4, 0.5) is 0 Å². The summed E-state index contributed by atoms with van der Waals surface area (Å²) in [5.41, 5.74) is 6.44. The Morgan fingerprint density at radius 2 is 1.83 bits per heavy atom. The minimum Gasteiger partial charge on any atom is -0.480 e. The van der Waals surface area contributed by atoms with Gasteiger partial charge >= 0.3 is 5.97 Å². The largest absolute Gasteiger partial charge is 0.480 e. The molecule has 0 spiro atoms. The van der Waals surface area contributed by atoms with Gasteiger partial charge in [-0.3, -0.25) is 14.5 Å². The van der Waals surface area contributed by atoms with Gasteiger partial charge in [-0.25, -0.2) is 0 Å². The van der Waals surface area contributed by atoms with E-state index < -0.39 is 18.2 Å². The first-order valence-electron chi connectivity index (χ1n) is 6.70. The van der Waals surface area contributed by atoms with Crippen molar-refractivity contribution in [3.8, 4) is 0 Å². The number of rotatable bonds is 8. The average Bonchev–Trinajstić information content (AvgIpc) is 2.50. The molecule has 0 amide bonds. The Morgan fingerprint density at radius 1 is 1.30 bits per heavy atom. The van der Waals surface area contributed by atoms with Crippen LogP contribution in [-0.4, -0.2) is 52.5 Å². The predicted molar refractivity (Wildman–Crippen MR) is 103 cm³/mol. The van der Waals surface area contributed by atoms with Gasteiger partial charge in [0.2, 0.25) is 0 Å². The lowest BCUT2D eigenvalue weighted by molar-refractivity contribution is -0.143. The van der Waals surface area contributed by atoms with Gasteiger partial charge in [0.1, 0.15) is 12.2 Å². The van der Waals surface area contributed by atoms with Crippen LogP contribution < -0.4 is 5.73 Å². The third-order valence-electron chi connectivity index (χ3n) is 3.50. The molecule has 1 aromatic rings. The maximum Gasteiger partial charge on any atom is 0.321 e. The molecule has 0 fully saturated rings. The molecule has 1 rings (SSSR count). The van der Waals surface area contributed by atoms with Crippen molar-refractivity contribution in [3.05, 3.63) is 35.9 Å². The molecule has 0 aliphatic carbocycles. The molecule has 1 aromatic carbocycles. The number of carboxylic acid groups (broad SMARTS) is 1. The molecule has 23 heavy (non-hydrogen) atoms. The number of carbonyl (C=O) groups excluding carboxylic acids is 1. The molecule has 0 radical (unpaired) electrons. The van der Waals surface area contributed by atoms with Gasteiger partial charge in [0.05, 0.1) is 0 Å².